The van der Waals surface area contributed by atoms with Crippen LogP contribution in [0.2, 0.25) is 0 Å². The summed E-state index contributed by atoms with van der Waals surface area (Å²) in [7, 11) is -6.68. The summed E-state index contributed by atoms with van der Waals surface area (Å²) in [5.74, 6) is 0.143. The Labute approximate surface area is 163 Å². The van der Waals surface area contributed by atoms with Crippen molar-refractivity contribution in [1.29, 1.82) is 0 Å². The maximum absolute atomic E-state index is 12.8. The second-order valence-electron chi connectivity index (χ2n) is 6.17. The number of aromatic nitrogens is 4. The molecule has 28 heavy (non-hydrogen) atoms. The van der Waals surface area contributed by atoms with E-state index in [-0.39, 0.29) is 22.9 Å². The zero-order chi connectivity index (χ0) is 20.7. The Balaban J connectivity index is 2.06. The van der Waals surface area contributed by atoms with E-state index in [2.05, 4.69) is 19.8 Å². The maximum atomic E-state index is 12.8. The molecular weight excluding hydrogens is 404 g/mol. The van der Waals surface area contributed by atoms with E-state index in [9.17, 15) is 16.8 Å². The molecule has 0 atom stereocenters. The molecule has 0 radical (unpaired) electrons. The summed E-state index contributed by atoms with van der Waals surface area (Å²) in [6, 6.07) is 7.51. The molecule has 1 N–H and O–H groups in total. The van der Waals surface area contributed by atoms with Gasteiger partial charge >= 0.3 is 0 Å². The minimum absolute atomic E-state index is 0.0810. The zero-order valence-electron chi connectivity index (χ0n) is 15.8. The first kappa shape index (κ1) is 20.2. The van der Waals surface area contributed by atoms with Crippen molar-refractivity contribution in [3.63, 3.8) is 0 Å². The third-order valence-corrected chi connectivity index (χ3v) is 7.24. The highest BCUT2D eigenvalue weighted by molar-refractivity contribution is 7.92. The summed E-state index contributed by atoms with van der Waals surface area (Å²) < 4.78 is 55.7. The molecule has 0 saturated heterocycles. The van der Waals surface area contributed by atoms with Gasteiger partial charge in [0.2, 0.25) is 10.0 Å². The van der Waals surface area contributed by atoms with Crippen molar-refractivity contribution < 1.29 is 16.8 Å². The van der Waals surface area contributed by atoms with Gasteiger partial charge in [-0.25, -0.2) is 22.2 Å². The average molecular weight is 425 g/mol. The van der Waals surface area contributed by atoms with Crippen LogP contribution >= 0.6 is 0 Å². The van der Waals surface area contributed by atoms with Crippen molar-refractivity contribution in [2.75, 3.05) is 18.3 Å². The summed E-state index contributed by atoms with van der Waals surface area (Å²) in [4.78, 5) is 7.98. The van der Waals surface area contributed by atoms with Crippen LogP contribution in [0.4, 0.5) is 5.69 Å². The van der Waals surface area contributed by atoms with Crippen molar-refractivity contribution in [2.24, 2.45) is 0 Å². The number of para-hydroxylation sites is 1. The monoisotopic (exact) mass is 424 g/mol. The number of sulfonamides is 2. The van der Waals surface area contributed by atoms with Gasteiger partial charge in [-0.05, 0) is 32.0 Å². The number of rotatable bonds is 6. The van der Waals surface area contributed by atoms with Crippen LogP contribution in [-0.2, 0) is 20.0 Å². The molecule has 12 heteroatoms. The van der Waals surface area contributed by atoms with Crippen LogP contribution in [-0.4, -0.2) is 54.3 Å². The Morgan fingerprint density at radius 3 is 2.46 bits per heavy atom. The minimum atomic E-state index is -4.24. The van der Waals surface area contributed by atoms with Gasteiger partial charge in [-0.1, -0.05) is 19.1 Å². The maximum Gasteiger partial charge on any atom is 0.299 e. The second kappa shape index (κ2) is 7.11. The second-order valence-corrected chi connectivity index (χ2v) is 9.76. The first-order valence-electron chi connectivity index (χ1n) is 8.35. The van der Waals surface area contributed by atoms with Crippen LogP contribution in [0.1, 0.15) is 18.3 Å². The number of hydrogen-bond donors (Lipinski definition) is 1. The van der Waals surface area contributed by atoms with Crippen molar-refractivity contribution in [1.82, 2.24) is 23.9 Å². The van der Waals surface area contributed by atoms with Crippen molar-refractivity contribution in [2.45, 2.75) is 30.8 Å². The van der Waals surface area contributed by atoms with Gasteiger partial charge in [-0.3, -0.25) is 4.72 Å². The summed E-state index contributed by atoms with van der Waals surface area (Å²) in [6.45, 7) is 5.44. The highest BCUT2D eigenvalue weighted by atomic mass is 32.2. The summed E-state index contributed by atoms with van der Waals surface area (Å²) in [5.41, 5.74) is 1.26. The lowest BCUT2D eigenvalue weighted by molar-refractivity contribution is 0.487. The number of fused-ring (bicyclic) bond motifs is 1. The Hall–Kier alpha value is -2.57. The van der Waals surface area contributed by atoms with Crippen molar-refractivity contribution in [3.05, 3.63) is 41.7 Å². The molecule has 1 aromatic carbocycles. The van der Waals surface area contributed by atoms with Gasteiger partial charge in [0, 0.05) is 25.0 Å². The van der Waals surface area contributed by atoms with E-state index in [1.54, 1.807) is 26.8 Å². The standard InChI is InChI=1S/C16H20N6O4S2/c1-5-21(4)28(25,26)14-9-7-6-8-13(14)20-27(23,24)16-18-15-17-11(2)10-12(3)22(15)19-16/h6-10,20H,5H2,1-4H3. The molecule has 2 aromatic heterocycles. The fourth-order valence-corrected chi connectivity index (χ4v) is 4.90. The molecule has 0 spiro atoms. The fourth-order valence-electron chi connectivity index (χ4n) is 2.57. The quantitative estimate of drug-likeness (QED) is 0.629. The van der Waals surface area contributed by atoms with E-state index < -0.39 is 25.2 Å². The molecular formula is C16H20N6O4S2. The predicted octanol–water partition coefficient (Wildman–Crippen LogP) is 1.18. The highest BCUT2D eigenvalue weighted by Crippen LogP contribution is 2.25. The van der Waals surface area contributed by atoms with Crippen LogP contribution in [0, 0.1) is 13.8 Å². The van der Waals surface area contributed by atoms with Crippen LogP contribution in [0.25, 0.3) is 5.78 Å². The van der Waals surface area contributed by atoms with Gasteiger partial charge < -0.3 is 0 Å². The number of hydrogen-bond acceptors (Lipinski definition) is 7. The van der Waals surface area contributed by atoms with Gasteiger partial charge in [0.25, 0.3) is 21.0 Å². The molecule has 0 bridgehead atoms. The first-order valence-corrected chi connectivity index (χ1v) is 11.3. The van der Waals surface area contributed by atoms with Crippen LogP contribution in [0.3, 0.4) is 0 Å². The Kier molecular flexibility index (Phi) is 5.12. The molecule has 3 rings (SSSR count). The van der Waals surface area contributed by atoms with E-state index in [1.807, 2.05) is 0 Å². The van der Waals surface area contributed by atoms with Gasteiger partial charge in [0.05, 0.1) is 5.69 Å². The van der Waals surface area contributed by atoms with Crippen molar-refractivity contribution >= 4 is 31.5 Å². The molecule has 0 unspecified atom stereocenters. The average Bonchev–Trinajstić information content (AvgIpc) is 3.06. The lowest BCUT2D eigenvalue weighted by Gasteiger charge is -2.17. The summed E-state index contributed by atoms with van der Waals surface area (Å²) in [6.07, 6.45) is 0. The Morgan fingerprint density at radius 2 is 1.79 bits per heavy atom. The van der Waals surface area contributed by atoms with Crippen LogP contribution in [0.5, 0.6) is 0 Å². The van der Waals surface area contributed by atoms with E-state index in [0.29, 0.717) is 11.4 Å². The lowest BCUT2D eigenvalue weighted by atomic mass is 10.3. The molecule has 0 aliphatic heterocycles. The number of aryl methyl sites for hydroxylation is 2. The number of nitrogens with one attached hydrogen (secondary N) is 1. The van der Waals surface area contributed by atoms with Crippen LogP contribution in [0.15, 0.2) is 40.4 Å². The molecule has 0 saturated carbocycles. The molecule has 10 nitrogen and oxygen atoms in total. The van der Waals surface area contributed by atoms with Gasteiger partial charge in [-0.15, -0.1) is 5.10 Å². The third-order valence-electron chi connectivity index (χ3n) is 4.10. The molecule has 0 amide bonds. The highest BCUT2D eigenvalue weighted by Gasteiger charge is 2.27. The molecule has 0 aliphatic carbocycles. The normalized spacial score (nSPS) is 12.6. The number of benzene rings is 1. The van der Waals surface area contributed by atoms with Gasteiger partial charge in [0.15, 0.2) is 0 Å². The predicted molar refractivity (Wildman–Crippen MR) is 103 cm³/mol. The van der Waals surface area contributed by atoms with Gasteiger partial charge in [-0.2, -0.15) is 13.4 Å². The number of anilines is 1. The first-order chi connectivity index (χ1) is 13.1. The lowest BCUT2D eigenvalue weighted by Crippen LogP contribution is -2.28. The third kappa shape index (κ3) is 3.57. The molecule has 3 aromatic rings. The Morgan fingerprint density at radius 1 is 1.11 bits per heavy atom. The van der Waals surface area contributed by atoms with Crippen molar-refractivity contribution in [3.8, 4) is 0 Å². The summed E-state index contributed by atoms with van der Waals surface area (Å²) >= 11 is 0. The fraction of sp³-hybridized carbons (Fsp3) is 0.312. The molecule has 0 aliphatic rings. The van der Waals surface area contributed by atoms with Crippen LogP contribution < -0.4 is 4.72 Å². The van der Waals surface area contributed by atoms with E-state index in [1.165, 1.54) is 35.8 Å². The van der Waals surface area contributed by atoms with E-state index >= 15 is 0 Å². The van der Waals surface area contributed by atoms with E-state index in [4.69, 9.17) is 0 Å². The van der Waals surface area contributed by atoms with Gasteiger partial charge in [0.1, 0.15) is 4.90 Å². The minimum Gasteiger partial charge on any atom is -0.276 e. The molecule has 150 valence electrons. The molecule has 2 heterocycles. The van der Waals surface area contributed by atoms with E-state index in [0.717, 1.165) is 4.31 Å². The summed E-state index contributed by atoms with van der Waals surface area (Å²) in [5, 5.41) is 3.50. The smallest absolute Gasteiger partial charge is 0.276 e. The zero-order valence-corrected chi connectivity index (χ0v) is 17.4. The topological polar surface area (TPSA) is 127 Å². The number of nitrogens with zero attached hydrogens (tertiary/aromatic N) is 5. The SMILES string of the molecule is CCN(C)S(=O)(=O)c1ccccc1NS(=O)(=O)c1nc2nc(C)cc(C)n2n1. The largest absolute Gasteiger partial charge is 0.299 e. The molecule has 0 fully saturated rings. The Bertz CT molecular complexity index is 1250.